The minimum atomic E-state index is -1.21. The Morgan fingerprint density at radius 2 is 1.84 bits per heavy atom. The summed E-state index contributed by atoms with van der Waals surface area (Å²) in [5.41, 5.74) is 0.806. The van der Waals surface area contributed by atoms with Gasteiger partial charge >= 0.3 is 5.97 Å². The van der Waals surface area contributed by atoms with Crippen molar-refractivity contribution in [3.63, 3.8) is 0 Å². The third-order valence-corrected chi connectivity index (χ3v) is 7.98. The second-order valence-electron chi connectivity index (χ2n) is 10.9. The van der Waals surface area contributed by atoms with E-state index in [1.54, 1.807) is 0 Å². The third-order valence-electron chi connectivity index (χ3n) is 7.98. The second-order valence-corrected chi connectivity index (χ2v) is 10.9. The lowest BCUT2D eigenvalue weighted by Gasteiger charge is -2.32. The van der Waals surface area contributed by atoms with E-state index in [0.29, 0.717) is 62.7 Å². The van der Waals surface area contributed by atoms with E-state index < -0.39 is 23.4 Å². The maximum Gasteiger partial charge on any atom is 0.335 e. The van der Waals surface area contributed by atoms with Crippen LogP contribution in [0.3, 0.4) is 0 Å². The Labute approximate surface area is 251 Å². The molecule has 228 valence electrons. The van der Waals surface area contributed by atoms with Crippen LogP contribution in [0.4, 0.5) is 13.2 Å². The molecule has 12 heteroatoms. The van der Waals surface area contributed by atoms with Crippen LogP contribution in [0, 0.1) is 28.8 Å². The highest BCUT2D eigenvalue weighted by molar-refractivity contribution is 5.92. The Morgan fingerprint density at radius 3 is 2.52 bits per heavy atom. The molecule has 1 N–H and O–H groups in total. The fraction of sp³-hybridized carbons (Fsp3) is 0.344. The zero-order valence-corrected chi connectivity index (χ0v) is 23.6. The van der Waals surface area contributed by atoms with Gasteiger partial charge in [-0.05, 0) is 67.8 Å². The maximum atomic E-state index is 14.8. The number of piperidine rings is 1. The zero-order valence-electron chi connectivity index (χ0n) is 23.6. The number of aromatic nitrogens is 2. The molecule has 0 aliphatic carbocycles. The van der Waals surface area contributed by atoms with Gasteiger partial charge in [-0.3, -0.25) is 4.90 Å². The summed E-state index contributed by atoms with van der Waals surface area (Å²) in [6.07, 6.45) is 2.08. The quantitative estimate of drug-likeness (QED) is 0.254. The average Bonchev–Trinajstić information content (AvgIpc) is 3.33. The van der Waals surface area contributed by atoms with E-state index >= 15 is 0 Å². The van der Waals surface area contributed by atoms with Crippen molar-refractivity contribution in [3.05, 3.63) is 88.5 Å². The highest BCUT2D eigenvalue weighted by atomic mass is 19.1. The summed E-state index contributed by atoms with van der Waals surface area (Å²) < 4.78 is 62.6. The van der Waals surface area contributed by atoms with Gasteiger partial charge in [0.05, 0.1) is 41.9 Å². The van der Waals surface area contributed by atoms with E-state index in [-0.39, 0.29) is 46.8 Å². The van der Waals surface area contributed by atoms with Crippen LogP contribution in [0.15, 0.2) is 48.5 Å². The predicted molar refractivity (Wildman–Crippen MR) is 152 cm³/mol. The number of halogens is 3. The maximum absolute atomic E-state index is 14.8. The molecular formula is C32H29F3N4O5. The normalized spacial score (nSPS) is 17.3. The monoisotopic (exact) mass is 606 g/mol. The molecule has 2 saturated heterocycles. The fourth-order valence-corrected chi connectivity index (χ4v) is 5.47. The molecule has 1 atom stereocenters. The van der Waals surface area contributed by atoms with E-state index in [1.165, 1.54) is 36.4 Å². The van der Waals surface area contributed by atoms with Gasteiger partial charge in [0.15, 0.2) is 17.4 Å². The minimum absolute atomic E-state index is 0.0315. The van der Waals surface area contributed by atoms with Gasteiger partial charge in [0, 0.05) is 25.3 Å². The first-order chi connectivity index (χ1) is 21.3. The Bertz CT molecular complexity index is 1740. The molecule has 0 amide bonds. The average molecular weight is 607 g/mol. The molecule has 0 saturated carbocycles. The molecule has 6 rings (SSSR count). The van der Waals surface area contributed by atoms with Crippen molar-refractivity contribution >= 4 is 17.0 Å². The molecule has 4 aromatic rings. The first-order valence-corrected chi connectivity index (χ1v) is 14.3. The lowest BCUT2D eigenvalue weighted by molar-refractivity contribution is -0.0592. The van der Waals surface area contributed by atoms with Crippen molar-refractivity contribution < 1.29 is 37.3 Å². The number of benzene rings is 3. The molecule has 0 radical (unpaired) electrons. The van der Waals surface area contributed by atoms with Crippen LogP contribution in [0.1, 0.15) is 46.6 Å². The number of imidazole rings is 1. The minimum Gasteiger partial charge on any atom is -0.490 e. The number of hydrogen-bond donors (Lipinski definition) is 1. The lowest BCUT2D eigenvalue weighted by Crippen LogP contribution is -2.39. The summed E-state index contributed by atoms with van der Waals surface area (Å²) in [4.78, 5) is 18.3. The Balaban J connectivity index is 1.09. The van der Waals surface area contributed by atoms with E-state index in [1.807, 2.05) is 10.6 Å². The lowest BCUT2D eigenvalue weighted by atomic mass is 10.1. The van der Waals surface area contributed by atoms with Gasteiger partial charge in [0.2, 0.25) is 0 Å². The molecule has 3 aromatic carbocycles. The molecule has 9 nitrogen and oxygen atoms in total. The van der Waals surface area contributed by atoms with Crippen LogP contribution in [0.2, 0.25) is 0 Å². The first kappa shape index (κ1) is 29.5. The number of rotatable bonds is 10. The second kappa shape index (κ2) is 12.6. The van der Waals surface area contributed by atoms with Gasteiger partial charge in [-0.1, -0.05) is 0 Å². The molecular weight excluding hydrogens is 577 g/mol. The van der Waals surface area contributed by atoms with Crippen LogP contribution in [-0.4, -0.2) is 57.4 Å². The van der Waals surface area contributed by atoms with Crippen molar-refractivity contribution in [2.75, 3.05) is 19.7 Å². The fourth-order valence-electron chi connectivity index (χ4n) is 5.47. The number of carboxylic acid groups (broad SMARTS) is 1. The van der Waals surface area contributed by atoms with E-state index in [4.69, 9.17) is 19.5 Å². The standard InChI is InChI=1S/C32H29F3N4O5/c33-25-3-2-23(12-21(25)18-43-29-4-1-19(15-36)11-26(29)34)44-22-5-8-38(9-6-22)17-30-37-31-27(35)13-20(32(40)41)14-28(31)39(30)16-24-7-10-42-24/h1-4,11-14,22,24H,5-10,16-18H2,(H,40,41)/t24-/m0/s1. The zero-order chi connectivity index (χ0) is 30.8. The number of hydrogen-bond acceptors (Lipinski definition) is 7. The summed E-state index contributed by atoms with van der Waals surface area (Å²) >= 11 is 0. The third kappa shape index (κ3) is 6.34. The highest BCUT2D eigenvalue weighted by Gasteiger charge is 2.27. The van der Waals surface area contributed by atoms with Crippen molar-refractivity contribution in [2.24, 2.45) is 0 Å². The highest BCUT2D eigenvalue weighted by Crippen LogP contribution is 2.28. The van der Waals surface area contributed by atoms with Gasteiger partial charge in [0.1, 0.15) is 35.6 Å². The summed E-state index contributed by atoms with van der Waals surface area (Å²) in [6, 6.07) is 12.5. The Kier molecular flexibility index (Phi) is 8.41. The molecule has 2 aliphatic heterocycles. The van der Waals surface area contributed by atoms with Gasteiger partial charge in [-0.15, -0.1) is 0 Å². The predicted octanol–water partition coefficient (Wildman–Crippen LogP) is 5.43. The summed E-state index contributed by atoms with van der Waals surface area (Å²) in [5, 5.41) is 18.3. The van der Waals surface area contributed by atoms with Gasteiger partial charge in [0.25, 0.3) is 0 Å². The number of carboxylic acids is 1. The topological polar surface area (TPSA) is 110 Å². The number of nitrogens with zero attached hydrogens (tertiary/aromatic N) is 4. The molecule has 2 aliphatic rings. The molecule has 44 heavy (non-hydrogen) atoms. The van der Waals surface area contributed by atoms with Crippen LogP contribution in [0.25, 0.3) is 11.0 Å². The van der Waals surface area contributed by atoms with Gasteiger partial charge in [-0.2, -0.15) is 5.26 Å². The van der Waals surface area contributed by atoms with Crippen LogP contribution in [0.5, 0.6) is 11.5 Å². The first-order valence-electron chi connectivity index (χ1n) is 14.3. The largest absolute Gasteiger partial charge is 0.490 e. The molecule has 0 unspecified atom stereocenters. The van der Waals surface area contributed by atoms with Gasteiger partial charge < -0.3 is 23.9 Å². The van der Waals surface area contributed by atoms with Crippen molar-refractivity contribution in [1.29, 1.82) is 5.26 Å². The van der Waals surface area contributed by atoms with E-state index in [2.05, 4.69) is 9.88 Å². The summed E-state index contributed by atoms with van der Waals surface area (Å²) in [7, 11) is 0. The van der Waals surface area contributed by atoms with Crippen LogP contribution < -0.4 is 9.47 Å². The van der Waals surface area contributed by atoms with Crippen LogP contribution in [-0.2, 0) is 24.4 Å². The molecule has 3 heterocycles. The number of nitriles is 1. The number of fused-ring (bicyclic) bond motifs is 1. The molecule has 0 bridgehead atoms. The SMILES string of the molecule is N#Cc1ccc(OCc2cc(OC3CCN(Cc4nc5c(F)cc(C(=O)O)cc5n4C[C@@H]4CCO4)CC3)ccc2F)c(F)c1. The van der Waals surface area contributed by atoms with Crippen molar-refractivity contribution in [2.45, 2.75) is 51.2 Å². The van der Waals surface area contributed by atoms with Gasteiger partial charge in [-0.25, -0.2) is 22.9 Å². The molecule has 0 spiro atoms. The smallest absolute Gasteiger partial charge is 0.335 e. The number of aromatic carboxylic acids is 1. The van der Waals surface area contributed by atoms with Crippen LogP contribution >= 0.6 is 0 Å². The van der Waals surface area contributed by atoms with E-state index in [0.717, 1.165) is 18.6 Å². The number of likely N-dealkylation sites (tertiary alicyclic amines) is 1. The summed E-state index contributed by atoms with van der Waals surface area (Å²) in [5.74, 6) is -2.07. The molecule has 1 aromatic heterocycles. The molecule has 2 fully saturated rings. The van der Waals surface area contributed by atoms with E-state index in [9.17, 15) is 23.1 Å². The number of carbonyl (C=O) groups is 1. The Hall–Kier alpha value is -4.60. The Morgan fingerprint density at radius 1 is 1.05 bits per heavy atom. The summed E-state index contributed by atoms with van der Waals surface area (Å²) in [6.45, 7) is 2.69. The number of ether oxygens (including phenoxy) is 3. The van der Waals surface area contributed by atoms with Crippen molar-refractivity contribution in [3.8, 4) is 17.6 Å². The van der Waals surface area contributed by atoms with Crippen molar-refractivity contribution in [1.82, 2.24) is 14.5 Å².